The van der Waals surface area contributed by atoms with Gasteiger partial charge in [-0.1, -0.05) is 10.3 Å². The first kappa shape index (κ1) is 11.1. The maximum Gasteiger partial charge on any atom is 0.258 e. The monoisotopic (exact) mass is 262 g/mol. The Morgan fingerprint density at radius 1 is 1.11 bits per heavy atom. The Bertz CT molecular complexity index is 670. The smallest absolute Gasteiger partial charge is 0.258 e. The van der Waals surface area contributed by atoms with Crippen LogP contribution in [0.5, 0.6) is 0 Å². The van der Waals surface area contributed by atoms with Crippen LogP contribution in [0.2, 0.25) is 0 Å². The minimum Gasteiger partial charge on any atom is -0.340 e. The van der Waals surface area contributed by atoms with Gasteiger partial charge in [0.2, 0.25) is 5.89 Å². The second kappa shape index (κ2) is 4.34. The number of aromatic nitrogens is 4. The van der Waals surface area contributed by atoms with E-state index >= 15 is 0 Å². The van der Waals surface area contributed by atoms with Gasteiger partial charge in [-0.15, -0.1) is 11.3 Å². The molecule has 7 heteroatoms. The Balaban J connectivity index is 1.81. The molecule has 0 bridgehead atoms. The third kappa shape index (κ3) is 2.17. The molecular weight excluding hydrogens is 252 g/mol. The van der Waals surface area contributed by atoms with Crippen molar-refractivity contribution in [3.05, 3.63) is 33.9 Å². The van der Waals surface area contributed by atoms with Crippen LogP contribution in [0.3, 0.4) is 0 Å². The third-order valence-electron chi connectivity index (χ3n) is 2.33. The molecule has 3 aromatic heterocycles. The van der Waals surface area contributed by atoms with Crippen molar-refractivity contribution in [2.75, 3.05) is 0 Å². The molecule has 0 fully saturated rings. The highest BCUT2D eigenvalue weighted by molar-refractivity contribution is 7.10. The van der Waals surface area contributed by atoms with Crippen LogP contribution in [0, 0.1) is 13.8 Å². The molecule has 0 radical (unpaired) electrons. The number of hydrogen-bond donors (Lipinski definition) is 0. The predicted octanol–water partition coefficient (Wildman–Crippen LogP) is 2.39. The van der Waals surface area contributed by atoms with E-state index in [-0.39, 0.29) is 0 Å². The Labute approximate surface area is 107 Å². The lowest BCUT2D eigenvalue weighted by molar-refractivity contribution is 0.387. The highest BCUT2D eigenvalue weighted by Crippen LogP contribution is 2.23. The molecule has 18 heavy (non-hydrogen) atoms. The van der Waals surface area contributed by atoms with E-state index in [1.54, 1.807) is 18.3 Å². The summed E-state index contributed by atoms with van der Waals surface area (Å²) in [6.45, 7) is 3.78. The van der Waals surface area contributed by atoms with Crippen LogP contribution < -0.4 is 0 Å². The molecule has 0 aliphatic rings. The van der Waals surface area contributed by atoms with Gasteiger partial charge in [0.25, 0.3) is 5.89 Å². The van der Waals surface area contributed by atoms with E-state index in [0.29, 0.717) is 29.9 Å². The van der Waals surface area contributed by atoms with Crippen molar-refractivity contribution in [2.24, 2.45) is 0 Å². The van der Waals surface area contributed by atoms with Gasteiger partial charge in [0.1, 0.15) is 0 Å². The lowest BCUT2D eigenvalue weighted by Gasteiger charge is -1.85. The molecular formula is C11H10N4O2S. The van der Waals surface area contributed by atoms with Crippen LogP contribution in [0.1, 0.15) is 22.4 Å². The van der Waals surface area contributed by atoms with E-state index in [2.05, 4.69) is 20.3 Å². The summed E-state index contributed by atoms with van der Waals surface area (Å²) in [5, 5.41) is 9.69. The summed E-state index contributed by atoms with van der Waals surface area (Å²) in [6, 6.07) is 2.01. The molecule has 0 spiro atoms. The topological polar surface area (TPSA) is 77.8 Å². The summed E-state index contributed by atoms with van der Waals surface area (Å²) in [7, 11) is 0. The van der Waals surface area contributed by atoms with Crippen LogP contribution in [0.15, 0.2) is 20.5 Å². The molecule has 0 aliphatic carbocycles. The van der Waals surface area contributed by atoms with Crippen molar-refractivity contribution in [1.82, 2.24) is 20.3 Å². The van der Waals surface area contributed by atoms with Gasteiger partial charge < -0.3 is 9.05 Å². The predicted molar refractivity (Wildman–Crippen MR) is 64.2 cm³/mol. The highest BCUT2D eigenvalue weighted by atomic mass is 32.1. The first-order valence-corrected chi connectivity index (χ1v) is 6.26. The number of rotatable bonds is 3. The lowest BCUT2D eigenvalue weighted by atomic mass is 10.3. The molecule has 3 heterocycles. The average molecular weight is 262 g/mol. The minimum atomic E-state index is 0.407. The molecule has 0 saturated heterocycles. The fraction of sp³-hybridized carbons (Fsp3) is 0.273. The largest absolute Gasteiger partial charge is 0.340 e. The highest BCUT2D eigenvalue weighted by Gasteiger charge is 2.12. The van der Waals surface area contributed by atoms with Gasteiger partial charge in [-0.3, -0.25) is 0 Å². The standard InChI is InChI=1S/C11H10N4O2S/c1-6-3-8(5-18-6)11-13-10(15-17-11)4-9-12-7(2)16-14-9/h3,5H,4H2,1-2H3. The summed E-state index contributed by atoms with van der Waals surface area (Å²) in [6.07, 6.45) is 0.407. The van der Waals surface area contributed by atoms with Gasteiger partial charge in [-0.25, -0.2) is 0 Å². The maximum atomic E-state index is 5.20. The number of hydrogen-bond acceptors (Lipinski definition) is 7. The van der Waals surface area contributed by atoms with E-state index in [1.807, 2.05) is 18.4 Å². The van der Waals surface area contributed by atoms with E-state index in [1.165, 1.54) is 4.88 Å². The van der Waals surface area contributed by atoms with Crippen LogP contribution in [0.4, 0.5) is 0 Å². The van der Waals surface area contributed by atoms with Crippen LogP contribution >= 0.6 is 11.3 Å². The van der Waals surface area contributed by atoms with Gasteiger partial charge in [0, 0.05) is 17.2 Å². The van der Waals surface area contributed by atoms with E-state index in [4.69, 9.17) is 9.05 Å². The second-order valence-corrected chi connectivity index (χ2v) is 4.98. The minimum absolute atomic E-state index is 0.407. The van der Waals surface area contributed by atoms with E-state index < -0.39 is 0 Å². The zero-order valence-electron chi connectivity index (χ0n) is 9.88. The molecule has 0 aromatic carbocycles. The van der Waals surface area contributed by atoms with Gasteiger partial charge in [0.15, 0.2) is 11.6 Å². The van der Waals surface area contributed by atoms with Crippen molar-refractivity contribution >= 4 is 11.3 Å². The summed E-state index contributed by atoms with van der Waals surface area (Å²) in [5.41, 5.74) is 0.945. The second-order valence-electron chi connectivity index (χ2n) is 3.87. The van der Waals surface area contributed by atoms with Crippen LogP contribution in [0.25, 0.3) is 11.5 Å². The van der Waals surface area contributed by atoms with Crippen molar-refractivity contribution < 1.29 is 9.05 Å². The van der Waals surface area contributed by atoms with Crippen molar-refractivity contribution in [3.8, 4) is 11.5 Å². The third-order valence-corrected chi connectivity index (χ3v) is 3.19. The normalized spacial score (nSPS) is 11.0. The molecule has 3 rings (SSSR count). The number of aryl methyl sites for hydroxylation is 2. The first-order chi connectivity index (χ1) is 8.70. The summed E-state index contributed by atoms with van der Waals surface area (Å²) >= 11 is 1.65. The zero-order valence-corrected chi connectivity index (χ0v) is 10.7. The molecule has 3 aromatic rings. The van der Waals surface area contributed by atoms with Crippen LogP contribution in [-0.2, 0) is 6.42 Å². The molecule has 0 unspecified atom stereocenters. The zero-order chi connectivity index (χ0) is 12.5. The van der Waals surface area contributed by atoms with Gasteiger partial charge in [-0.05, 0) is 13.0 Å². The lowest BCUT2D eigenvalue weighted by Crippen LogP contribution is -1.93. The van der Waals surface area contributed by atoms with Crippen molar-refractivity contribution in [3.63, 3.8) is 0 Å². The molecule has 0 N–H and O–H groups in total. The van der Waals surface area contributed by atoms with E-state index in [0.717, 1.165) is 5.56 Å². The fourth-order valence-corrected chi connectivity index (χ4v) is 2.23. The van der Waals surface area contributed by atoms with Gasteiger partial charge in [0.05, 0.1) is 12.0 Å². The number of nitrogens with zero attached hydrogens (tertiary/aromatic N) is 4. The van der Waals surface area contributed by atoms with Crippen molar-refractivity contribution in [2.45, 2.75) is 20.3 Å². The van der Waals surface area contributed by atoms with Gasteiger partial charge in [-0.2, -0.15) is 9.97 Å². The molecule has 0 saturated carbocycles. The van der Waals surface area contributed by atoms with Crippen LogP contribution in [-0.4, -0.2) is 20.3 Å². The SMILES string of the molecule is Cc1nc(Cc2noc(-c3csc(C)c3)n2)no1. The Hall–Kier alpha value is -2.02. The average Bonchev–Trinajstić information content (AvgIpc) is 3.01. The quantitative estimate of drug-likeness (QED) is 0.721. The molecule has 0 aliphatic heterocycles. The van der Waals surface area contributed by atoms with Gasteiger partial charge >= 0.3 is 0 Å². The molecule has 0 amide bonds. The van der Waals surface area contributed by atoms with Crippen molar-refractivity contribution in [1.29, 1.82) is 0 Å². The molecule has 6 nitrogen and oxygen atoms in total. The molecule has 92 valence electrons. The Morgan fingerprint density at radius 2 is 1.89 bits per heavy atom. The maximum absolute atomic E-state index is 5.20. The summed E-state index contributed by atoms with van der Waals surface area (Å²) in [4.78, 5) is 9.61. The Kier molecular flexibility index (Phi) is 2.67. The summed E-state index contributed by atoms with van der Waals surface area (Å²) in [5.74, 6) is 2.16. The Morgan fingerprint density at radius 3 is 2.56 bits per heavy atom. The summed E-state index contributed by atoms with van der Waals surface area (Å²) < 4.78 is 10.1. The number of thiophene rings is 1. The first-order valence-electron chi connectivity index (χ1n) is 5.38. The molecule has 0 atom stereocenters. The fourth-order valence-electron chi connectivity index (χ4n) is 1.55. The van der Waals surface area contributed by atoms with E-state index in [9.17, 15) is 0 Å².